The molecule has 4 nitrogen and oxygen atoms in total. The lowest BCUT2D eigenvalue weighted by Crippen LogP contribution is -2.40. The van der Waals surface area contributed by atoms with Crippen LogP contribution in [0.5, 0.6) is 5.75 Å². The van der Waals surface area contributed by atoms with Crippen LogP contribution in [0.4, 0.5) is 0 Å². The zero-order valence-electron chi connectivity index (χ0n) is 13.3. The van der Waals surface area contributed by atoms with Crippen molar-refractivity contribution in [3.8, 4) is 5.75 Å². The van der Waals surface area contributed by atoms with E-state index in [0.29, 0.717) is 44.2 Å². The van der Waals surface area contributed by atoms with Crippen LogP contribution in [0.25, 0.3) is 0 Å². The van der Waals surface area contributed by atoms with Gasteiger partial charge in [0.25, 0.3) is 5.91 Å². The smallest absolute Gasteiger partial charge is 0.254 e. The van der Waals surface area contributed by atoms with Gasteiger partial charge in [0.1, 0.15) is 12.4 Å². The number of aryl methyl sites for hydroxylation is 1. The fourth-order valence-corrected chi connectivity index (χ4v) is 2.64. The third-order valence-corrected chi connectivity index (χ3v) is 3.87. The van der Waals surface area contributed by atoms with E-state index in [4.69, 9.17) is 9.47 Å². The number of hydrogen-bond acceptors (Lipinski definition) is 3. The highest BCUT2D eigenvalue weighted by molar-refractivity contribution is 5.94. The normalized spacial score (nSPS) is 14.6. The van der Waals surface area contributed by atoms with Gasteiger partial charge in [-0.05, 0) is 30.7 Å². The molecule has 1 aliphatic heterocycles. The molecule has 0 radical (unpaired) electrons. The van der Waals surface area contributed by atoms with E-state index in [1.165, 1.54) is 5.56 Å². The first kappa shape index (κ1) is 15.6. The Hall–Kier alpha value is -2.33. The maximum atomic E-state index is 12.5. The van der Waals surface area contributed by atoms with Gasteiger partial charge in [0.15, 0.2) is 0 Å². The van der Waals surface area contributed by atoms with Crippen LogP contribution in [-0.4, -0.2) is 37.1 Å². The van der Waals surface area contributed by atoms with Crippen molar-refractivity contribution in [3.05, 3.63) is 65.2 Å². The van der Waals surface area contributed by atoms with Gasteiger partial charge in [-0.1, -0.05) is 35.9 Å². The molecule has 0 unspecified atom stereocenters. The summed E-state index contributed by atoms with van der Waals surface area (Å²) >= 11 is 0. The molecule has 2 aromatic rings. The maximum Gasteiger partial charge on any atom is 0.254 e. The molecule has 4 heteroatoms. The fourth-order valence-electron chi connectivity index (χ4n) is 2.64. The van der Waals surface area contributed by atoms with Crippen LogP contribution in [-0.2, 0) is 11.3 Å². The molecule has 0 spiro atoms. The third-order valence-electron chi connectivity index (χ3n) is 3.87. The van der Waals surface area contributed by atoms with Crippen molar-refractivity contribution in [2.45, 2.75) is 13.5 Å². The predicted octanol–water partition coefficient (Wildman–Crippen LogP) is 3.05. The minimum Gasteiger partial charge on any atom is -0.489 e. The number of amides is 1. The van der Waals surface area contributed by atoms with Gasteiger partial charge in [0.2, 0.25) is 0 Å². The van der Waals surface area contributed by atoms with Crippen molar-refractivity contribution in [2.75, 3.05) is 26.3 Å². The molecule has 1 saturated heterocycles. The summed E-state index contributed by atoms with van der Waals surface area (Å²) in [5.74, 6) is 0.750. The minimum absolute atomic E-state index is 0.0364. The van der Waals surface area contributed by atoms with Crippen molar-refractivity contribution >= 4 is 5.91 Å². The van der Waals surface area contributed by atoms with E-state index in [0.717, 1.165) is 5.56 Å². The van der Waals surface area contributed by atoms with Gasteiger partial charge in [-0.3, -0.25) is 4.79 Å². The molecule has 1 amide bonds. The molecule has 0 N–H and O–H groups in total. The molecule has 120 valence electrons. The average molecular weight is 311 g/mol. The molecule has 1 aliphatic rings. The lowest BCUT2D eigenvalue weighted by atomic mass is 10.1. The number of hydrogen-bond donors (Lipinski definition) is 0. The van der Waals surface area contributed by atoms with E-state index < -0.39 is 0 Å². The van der Waals surface area contributed by atoms with Gasteiger partial charge >= 0.3 is 0 Å². The molecule has 1 fully saturated rings. The number of morpholine rings is 1. The number of rotatable bonds is 4. The number of carbonyl (C=O) groups is 1. The van der Waals surface area contributed by atoms with E-state index in [-0.39, 0.29) is 5.91 Å². The highest BCUT2D eigenvalue weighted by atomic mass is 16.5. The first-order valence-electron chi connectivity index (χ1n) is 7.88. The second kappa shape index (κ2) is 7.29. The third kappa shape index (κ3) is 4.11. The second-order valence-corrected chi connectivity index (χ2v) is 5.71. The van der Waals surface area contributed by atoms with Crippen molar-refractivity contribution in [3.63, 3.8) is 0 Å². The van der Waals surface area contributed by atoms with Crippen molar-refractivity contribution < 1.29 is 14.3 Å². The monoisotopic (exact) mass is 311 g/mol. The van der Waals surface area contributed by atoms with Gasteiger partial charge in [0, 0.05) is 18.7 Å². The molecule has 2 aromatic carbocycles. The zero-order chi connectivity index (χ0) is 16.1. The van der Waals surface area contributed by atoms with Crippen LogP contribution in [0, 0.1) is 6.92 Å². The van der Waals surface area contributed by atoms with E-state index in [1.807, 2.05) is 41.3 Å². The maximum absolute atomic E-state index is 12.5. The van der Waals surface area contributed by atoms with E-state index in [2.05, 4.69) is 19.1 Å². The van der Waals surface area contributed by atoms with Gasteiger partial charge < -0.3 is 14.4 Å². The minimum atomic E-state index is 0.0364. The summed E-state index contributed by atoms with van der Waals surface area (Å²) in [6.07, 6.45) is 0. The summed E-state index contributed by atoms with van der Waals surface area (Å²) in [5, 5.41) is 0. The summed E-state index contributed by atoms with van der Waals surface area (Å²) in [7, 11) is 0. The van der Waals surface area contributed by atoms with E-state index >= 15 is 0 Å². The quantitative estimate of drug-likeness (QED) is 0.871. The largest absolute Gasteiger partial charge is 0.489 e. The molecule has 23 heavy (non-hydrogen) atoms. The van der Waals surface area contributed by atoms with Crippen molar-refractivity contribution in [2.24, 2.45) is 0 Å². The highest BCUT2D eigenvalue weighted by Crippen LogP contribution is 2.17. The molecule has 0 bridgehead atoms. The molecule has 0 aliphatic carbocycles. The topological polar surface area (TPSA) is 38.8 Å². The zero-order valence-corrected chi connectivity index (χ0v) is 13.3. The fraction of sp³-hybridized carbons (Fsp3) is 0.316. The molecule has 1 heterocycles. The Labute approximate surface area is 136 Å². The summed E-state index contributed by atoms with van der Waals surface area (Å²) < 4.78 is 11.1. The van der Waals surface area contributed by atoms with E-state index in [1.54, 1.807) is 0 Å². The van der Waals surface area contributed by atoms with Crippen LogP contribution in [0.15, 0.2) is 48.5 Å². The van der Waals surface area contributed by atoms with Gasteiger partial charge in [-0.15, -0.1) is 0 Å². The van der Waals surface area contributed by atoms with Crippen LogP contribution in [0.3, 0.4) is 0 Å². The van der Waals surface area contributed by atoms with Gasteiger partial charge in [-0.25, -0.2) is 0 Å². The van der Waals surface area contributed by atoms with Crippen molar-refractivity contribution in [1.29, 1.82) is 0 Å². The summed E-state index contributed by atoms with van der Waals surface area (Å²) in [6.45, 7) is 5.06. The van der Waals surface area contributed by atoms with Crippen LogP contribution in [0.2, 0.25) is 0 Å². The Kier molecular flexibility index (Phi) is 4.93. The summed E-state index contributed by atoms with van der Waals surface area (Å²) in [6, 6.07) is 15.6. The molecular formula is C19H21NO3. The van der Waals surface area contributed by atoms with Crippen LogP contribution in [0.1, 0.15) is 21.5 Å². The lowest BCUT2D eigenvalue weighted by molar-refractivity contribution is 0.0302. The highest BCUT2D eigenvalue weighted by Gasteiger charge is 2.18. The number of ether oxygens (including phenoxy) is 2. The summed E-state index contributed by atoms with van der Waals surface area (Å²) in [4.78, 5) is 14.3. The molecule has 0 saturated carbocycles. The van der Waals surface area contributed by atoms with Gasteiger partial charge in [-0.2, -0.15) is 0 Å². The van der Waals surface area contributed by atoms with E-state index in [9.17, 15) is 4.79 Å². The Morgan fingerprint density at radius 2 is 1.91 bits per heavy atom. The number of benzene rings is 2. The Bertz CT molecular complexity index is 678. The predicted molar refractivity (Wildman–Crippen MR) is 88.7 cm³/mol. The van der Waals surface area contributed by atoms with Gasteiger partial charge in [0.05, 0.1) is 13.2 Å². The second-order valence-electron chi connectivity index (χ2n) is 5.71. The Balaban J connectivity index is 1.66. The van der Waals surface area contributed by atoms with Crippen LogP contribution < -0.4 is 4.74 Å². The molecule has 0 atom stereocenters. The van der Waals surface area contributed by atoms with Crippen LogP contribution >= 0.6 is 0 Å². The molecule has 3 rings (SSSR count). The average Bonchev–Trinajstić information content (AvgIpc) is 2.60. The van der Waals surface area contributed by atoms with Crippen molar-refractivity contribution in [1.82, 2.24) is 4.90 Å². The molecule has 0 aromatic heterocycles. The SMILES string of the molecule is Cc1cccc(COc2cccc(C(=O)N3CCOCC3)c2)c1. The lowest BCUT2D eigenvalue weighted by Gasteiger charge is -2.27. The standard InChI is InChI=1S/C19H21NO3/c1-15-4-2-5-16(12-15)14-23-18-7-3-6-17(13-18)19(21)20-8-10-22-11-9-20/h2-7,12-13H,8-11,14H2,1H3. The first-order chi connectivity index (χ1) is 11.2. The Morgan fingerprint density at radius 1 is 1.13 bits per heavy atom. The first-order valence-corrected chi connectivity index (χ1v) is 7.88. The summed E-state index contributed by atoms with van der Waals surface area (Å²) in [5.41, 5.74) is 2.99. The number of nitrogens with zero attached hydrogens (tertiary/aromatic N) is 1. The molecular weight excluding hydrogens is 290 g/mol. The number of carbonyl (C=O) groups excluding carboxylic acids is 1. The Morgan fingerprint density at radius 3 is 2.70 bits per heavy atom.